The standard InChI is InChI=1S/C45H75NO3/c1-3-5-7-9-11-13-15-17-19-21-23-25-27-29-31-36-40-48-44(41-46-43-37-33-32-34-38-43)42-49-45(47)39-35-30-28-26-24-22-20-18-16-14-12-10-8-6-4-2/h11-14,17-20,32-34,37-38,44,46H,3-10,15-16,21-31,35-36,39-42H2,1-2H3. The lowest BCUT2D eigenvalue weighted by Crippen LogP contribution is -2.30. The van der Waals surface area contributed by atoms with Gasteiger partial charge < -0.3 is 14.8 Å². The number of ether oxygens (including phenoxy) is 2. The summed E-state index contributed by atoms with van der Waals surface area (Å²) in [6.45, 7) is 6.15. The Morgan fingerprint density at radius 3 is 1.59 bits per heavy atom. The van der Waals surface area contributed by atoms with Crippen molar-refractivity contribution in [2.24, 2.45) is 0 Å². The lowest BCUT2D eigenvalue weighted by molar-refractivity contribution is -0.147. The Morgan fingerprint density at radius 1 is 0.592 bits per heavy atom. The predicted molar refractivity (Wildman–Crippen MR) is 214 cm³/mol. The fourth-order valence-electron chi connectivity index (χ4n) is 5.63. The van der Waals surface area contributed by atoms with E-state index in [2.05, 4.69) is 79.9 Å². The van der Waals surface area contributed by atoms with Crippen LogP contribution in [0, 0.1) is 0 Å². The first-order valence-electron chi connectivity index (χ1n) is 20.4. The lowest BCUT2D eigenvalue weighted by atomic mass is 10.1. The third kappa shape index (κ3) is 32.4. The number of hydrogen-bond acceptors (Lipinski definition) is 4. The number of allylic oxidation sites excluding steroid dienone is 8. The number of nitrogens with one attached hydrogen (secondary N) is 1. The van der Waals surface area contributed by atoms with Gasteiger partial charge in [-0.3, -0.25) is 4.79 Å². The third-order valence-electron chi connectivity index (χ3n) is 8.77. The molecule has 0 heterocycles. The molecule has 49 heavy (non-hydrogen) atoms. The highest BCUT2D eigenvalue weighted by Gasteiger charge is 2.13. The van der Waals surface area contributed by atoms with Crippen LogP contribution in [0.3, 0.4) is 0 Å². The normalized spacial score (nSPS) is 12.6. The van der Waals surface area contributed by atoms with E-state index in [1.165, 1.54) is 109 Å². The number of benzene rings is 1. The van der Waals surface area contributed by atoms with Gasteiger partial charge in [0.2, 0.25) is 0 Å². The van der Waals surface area contributed by atoms with Crippen molar-refractivity contribution in [1.29, 1.82) is 0 Å². The van der Waals surface area contributed by atoms with Crippen LogP contribution < -0.4 is 5.32 Å². The van der Waals surface area contributed by atoms with E-state index < -0.39 is 0 Å². The molecule has 0 aliphatic carbocycles. The lowest BCUT2D eigenvalue weighted by Gasteiger charge is -2.19. The van der Waals surface area contributed by atoms with Gasteiger partial charge in [-0.15, -0.1) is 0 Å². The number of carbonyl (C=O) groups is 1. The Balaban J connectivity index is 2.12. The predicted octanol–water partition coefficient (Wildman–Crippen LogP) is 13.7. The summed E-state index contributed by atoms with van der Waals surface area (Å²) in [5.41, 5.74) is 1.06. The monoisotopic (exact) mass is 678 g/mol. The molecule has 0 fully saturated rings. The highest BCUT2D eigenvalue weighted by atomic mass is 16.6. The summed E-state index contributed by atoms with van der Waals surface area (Å²) >= 11 is 0. The van der Waals surface area contributed by atoms with Gasteiger partial charge in [-0.05, 0) is 89.2 Å². The van der Waals surface area contributed by atoms with Gasteiger partial charge in [0.1, 0.15) is 12.7 Å². The molecule has 1 rings (SSSR count). The van der Waals surface area contributed by atoms with Crippen LogP contribution in [0.15, 0.2) is 78.9 Å². The summed E-state index contributed by atoms with van der Waals surface area (Å²) in [6.07, 6.45) is 46.6. The van der Waals surface area contributed by atoms with E-state index >= 15 is 0 Å². The first-order chi connectivity index (χ1) is 24.3. The van der Waals surface area contributed by atoms with E-state index in [-0.39, 0.29) is 12.1 Å². The molecular weight excluding hydrogens is 602 g/mol. The summed E-state index contributed by atoms with van der Waals surface area (Å²) in [5.74, 6) is -0.104. The van der Waals surface area contributed by atoms with E-state index in [9.17, 15) is 4.79 Å². The quantitative estimate of drug-likeness (QED) is 0.0441. The van der Waals surface area contributed by atoms with Gasteiger partial charge in [0.15, 0.2) is 0 Å². The summed E-state index contributed by atoms with van der Waals surface area (Å²) in [7, 11) is 0. The van der Waals surface area contributed by atoms with Crippen LogP contribution in [0.4, 0.5) is 5.69 Å². The average Bonchev–Trinajstić information content (AvgIpc) is 3.12. The average molecular weight is 678 g/mol. The number of para-hydroxylation sites is 1. The fourth-order valence-corrected chi connectivity index (χ4v) is 5.63. The van der Waals surface area contributed by atoms with Crippen molar-refractivity contribution in [2.75, 3.05) is 25.1 Å². The van der Waals surface area contributed by atoms with Crippen molar-refractivity contribution >= 4 is 11.7 Å². The van der Waals surface area contributed by atoms with Crippen LogP contribution in [0.1, 0.15) is 168 Å². The van der Waals surface area contributed by atoms with E-state index in [0.29, 0.717) is 26.2 Å². The highest BCUT2D eigenvalue weighted by molar-refractivity contribution is 5.69. The van der Waals surface area contributed by atoms with Crippen molar-refractivity contribution in [1.82, 2.24) is 0 Å². The van der Waals surface area contributed by atoms with Crippen LogP contribution in [0.5, 0.6) is 0 Å². The molecule has 1 atom stereocenters. The topological polar surface area (TPSA) is 47.6 Å². The molecule has 0 saturated heterocycles. The molecule has 1 aromatic carbocycles. The minimum atomic E-state index is -0.147. The number of esters is 1. The zero-order chi connectivity index (χ0) is 35.1. The van der Waals surface area contributed by atoms with Crippen molar-refractivity contribution in [3.8, 4) is 0 Å². The Kier molecular flexibility index (Phi) is 33.3. The van der Waals surface area contributed by atoms with Gasteiger partial charge in [-0.2, -0.15) is 0 Å². The van der Waals surface area contributed by atoms with Gasteiger partial charge >= 0.3 is 5.97 Å². The first-order valence-corrected chi connectivity index (χ1v) is 20.4. The van der Waals surface area contributed by atoms with Crippen molar-refractivity contribution in [3.05, 3.63) is 78.9 Å². The molecule has 0 amide bonds. The molecule has 1 N–H and O–H groups in total. The SMILES string of the molecule is CCCCCC=CCC=CCCCCCCCCOC(CNc1ccccc1)COC(=O)CCCCCCCC=CCC=CCCCCC. The molecule has 0 aliphatic rings. The number of unbranched alkanes of at least 4 members (excludes halogenated alkanes) is 17. The second-order valence-electron chi connectivity index (χ2n) is 13.5. The summed E-state index contributed by atoms with van der Waals surface area (Å²) in [6, 6.07) is 10.2. The van der Waals surface area contributed by atoms with Gasteiger partial charge in [-0.1, -0.05) is 151 Å². The van der Waals surface area contributed by atoms with Crippen LogP contribution in [0.25, 0.3) is 0 Å². The molecule has 4 nitrogen and oxygen atoms in total. The maximum Gasteiger partial charge on any atom is 0.305 e. The van der Waals surface area contributed by atoms with Crippen molar-refractivity contribution in [3.63, 3.8) is 0 Å². The molecule has 0 radical (unpaired) electrons. The molecule has 0 aromatic heterocycles. The Morgan fingerprint density at radius 2 is 1.06 bits per heavy atom. The van der Waals surface area contributed by atoms with Gasteiger partial charge in [-0.25, -0.2) is 0 Å². The van der Waals surface area contributed by atoms with Gasteiger partial charge in [0, 0.05) is 25.3 Å². The first kappa shape index (κ1) is 44.4. The maximum absolute atomic E-state index is 12.5. The Hall–Kier alpha value is -2.59. The van der Waals surface area contributed by atoms with Crippen LogP contribution >= 0.6 is 0 Å². The number of anilines is 1. The molecule has 1 unspecified atom stereocenters. The van der Waals surface area contributed by atoms with Crippen LogP contribution in [-0.4, -0.2) is 31.8 Å². The van der Waals surface area contributed by atoms with Crippen molar-refractivity contribution in [2.45, 2.75) is 174 Å². The number of rotatable bonds is 35. The summed E-state index contributed by atoms with van der Waals surface area (Å²) in [5, 5.41) is 3.44. The van der Waals surface area contributed by atoms with Crippen LogP contribution in [-0.2, 0) is 14.3 Å². The smallest absolute Gasteiger partial charge is 0.305 e. The molecule has 0 saturated carbocycles. The molecule has 1 aromatic rings. The summed E-state index contributed by atoms with van der Waals surface area (Å²) in [4.78, 5) is 12.5. The number of hydrogen-bond donors (Lipinski definition) is 1. The van der Waals surface area contributed by atoms with E-state index in [4.69, 9.17) is 9.47 Å². The zero-order valence-electron chi connectivity index (χ0n) is 31.9. The van der Waals surface area contributed by atoms with Gasteiger partial charge in [0.25, 0.3) is 0 Å². The second kappa shape index (κ2) is 36.7. The molecule has 0 aliphatic heterocycles. The maximum atomic E-state index is 12.5. The largest absolute Gasteiger partial charge is 0.463 e. The fraction of sp³-hybridized carbons (Fsp3) is 0.667. The zero-order valence-corrected chi connectivity index (χ0v) is 31.9. The second-order valence-corrected chi connectivity index (χ2v) is 13.5. The Bertz CT molecular complexity index is 951. The van der Waals surface area contributed by atoms with E-state index in [1.54, 1.807) is 0 Å². The molecule has 0 bridgehead atoms. The molecule has 0 spiro atoms. The van der Waals surface area contributed by atoms with E-state index in [0.717, 1.165) is 44.2 Å². The van der Waals surface area contributed by atoms with Crippen molar-refractivity contribution < 1.29 is 14.3 Å². The molecule has 4 heteroatoms. The minimum absolute atomic E-state index is 0.104. The van der Waals surface area contributed by atoms with Crippen LogP contribution in [0.2, 0.25) is 0 Å². The minimum Gasteiger partial charge on any atom is -0.463 e. The third-order valence-corrected chi connectivity index (χ3v) is 8.77. The Labute approximate surface area is 303 Å². The van der Waals surface area contributed by atoms with E-state index in [1.807, 2.05) is 18.2 Å². The van der Waals surface area contributed by atoms with Gasteiger partial charge in [0.05, 0.1) is 0 Å². The molecule has 278 valence electrons. The highest BCUT2D eigenvalue weighted by Crippen LogP contribution is 2.12. The molecular formula is C45H75NO3. The number of carbonyl (C=O) groups excluding carboxylic acids is 1. The summed E-state index contributed by atoms with van der Waals surface area (Å²) < 4.78 is 11.9.